The highest BCUT2D eigenvalue weighted by atomic mass is 19.3. The molecule has 0 aliphatic carbocycles. The van der Waals surface area contributed by atoms with Gasteiger partial charge in [0.15, 0.2) is 18.7 Å². The normalized spacial score (nSPS) is 13.1. The average Bonchev–Trinajstić information content (AvgIpc) is 2.44. The number of halogens is 4. The van der Waals surface area contributed by atoms with Crippen molar-refractivity contribution in [3.8, 4) is 0 Å². The molecule has 0 aliphatic rings. The SMILES string of the molecule is CCOC(OCC)C(OC(F)(F)C(F)F)C(OCC)OCC. The maximum Gasteiger partial charge on any atom is 0.417 e. The van der Waals surface area contributed by atoms with Gasteiger partial charge in [-0.15, -0.1) is 0 Å². The first-order valence-electron chi connectivity index (χ1n) is 7.14. The molecule has 0 aliphatic heterocycles. The highest BCUT2D eigenvalue weighted by Crippen LogP contribution is 2.29. The van der Waals surface area contributed by atoms with E-state index in [1.807, 2.05) is 0 Å². The van der Waals surface area contributed by atoms with Crippen LogP contribution in [0.4, 0.5) is 17.6 Å². The van der Waals surface area contributed by atoms with Crippen LogP contribution in [-0.2, 0) is 23.7 Å². The summed E-state index contributed by atoms with van der Waals surface area (Å²) in [6.45, 7) is 6.84. The lowest BCUT2D eigenvalue weighted by Gasteiger charge is -2.34. The summed E-state index contributed by atoms with van der Waals surface area (Å²) in [6, 6.07) is 0. The monoisotopic (exact) mass is 336 g/mol. The molecule has 0 amide bonds. The van der Waals surface area contributed by atoms with E-state index in [1.165, 1.54) is 0 Å². The summed E-state index contributed by atoms with van der Waals surface area (Å²) in [5, 5.41) is 0. The molecule has 0 fully saturated rings. The van der Waals surface area contributed by atoms with Crippen molar-refractivity contribution in [2.45, 2.75) is 58.9 Å². The minimum Gasteiger partial charge on any atom is -0.350 e. The lowest BCUT2D eigenvalue weighted by Crippen LogP contribution is -2.50. The molecule has 5 nitrogen and oxygen atoms in total. The Morgan fingerprint density at radius 1 is 0.727 bits per heavy atom. The van der Waals surface area contributed by atoms with Gasteiger partial charge in [0, 0.05) is 26.4 Å². The van der Waals surface area contributed by atoms with Gasteiger partial charge in [0.1, 0.15) is 0 Å². The highest BCUT2D eigenvalue weighted by Gasteiger charge is 2.49. The largest absolute Gasteiger partial charge is 0.417 e. The summed E-state index contributed by atoms with van der Waals surface area (Å²) in [5.74, 6) is 0. The van der Waals surface area contributed by atoms with Gasteiger partial charge in [0.2, 0.25) is 0 Å². The maximum atomic E-state index is 13.3. The van der Waals surface area contributed by atoms with Crippen LogP contribution < -0.4 is 0 Å². The lowest BCUT2D eigenvalue weighted by molar-refractivity contribution is -0.379. The van der Waals surface area contributed by atoms with E-state index in [1.54, 1.807) is 27.7 Å². The molecule has 0 saturated carbocycles. The summed E-state index contributed by atoms with van der Waals surface area (Å²) >= 11 is 0. The zero-order chi connectivity index (χ0) is 17.2. The van der Waals surface area contributed by atoms with Crippen LogP contribution in [0.5, 0.6) is 0 Å². The summed E-state index contributed by atoms with van der Waals surface area (Å²) in [5.41, 5.74) is 0. The van der Waals surface area contributed by atoms with Crippen molar-refractivity contribution < 1.29 is 41.2 Å². The van der Waals surface area contributed by atoms with Gasteiger partial charge in [-0.2, -0.15) is 8.78 Å². The molecular formula is C13H24F4O5. The van der Waals surface area contributed by atoms with Crippen molar-refractivity contribution in [2.24, 2.45) is 0 Å². The van der Waals surface area contributed by atoms with Gasteiger partial charge >= 0.3 is 12.5 Å². The minimum atomic E-state index is -4.68. The van der Waals surface area contributed by atoms with Crippen LogP contribution in [0.2, 0.25) is 0 Å². The van der Waals surface area contributed by atoms with Crippen LogP contribution >= 0.6 is 0 Å². The molecule has 0 aromatic rings. The van der Waals surface area contributed by atoms with Crippen LogP contribution in [0.1, 0.15) is 27.7 Å². The van der Waals surface area contributed by atoms with Crippen LogP contribution in [0.15, 0.2) is 0 Å². The Morgan fingerprint density at radius 2 is 1.05 bits per heavy atom. The molecule has 134 valence electrons. The second-order valence-electron chi connectivity index (χ2n) is 4.00. The van der Waals surface area contributed by atoms with Crippen LogP contribution in [0.25, 0.3) is 0 Å². The number of hydrogen-bond acceptors (Lipinski definition) is 5. The molecule has 0 atom stereocenters. The van der Waals surface area contributed by atoms with Crippen molar-refractivity contribution >= 4 is 0 Å². The van der Waals surface area contributed by atoms with Gasteiger partial charge in [-0.1, -0.05) is 0 Å². The van der Waals surface area contributed by atoms with Crippen molar-refractivity contribution in [2.75, 3.05) is 26.4 Å². The fourth-order valence-electron chi connectivity index (χ4n) is 1.60. The first-order chi connectivity index (χ1) is 10.3. The van der Waals surface area contributed by atoms with E-state index in [4.69, 9.17) is 18.9 Å². The van der Waals surface area contributed by atoms with Gasteiger partial charge < -0.3 is 23.7 Å². The summed E-state index contributed by atoms with van der Waals surface area (Å²) in [7, 11) is 0. The standard InChI is InChI=1S/C13H24F4O5/c1-5-18-10(19-6-2)9(11(20-7-3)21-8-4)22-13(16,17)12(14)15/h9-12H,5-8H2,1-4H3. The maximum absolute atomic E-state index is 13.3. The smallest absolute Gasteiger partial charge is 0.350 e. The molecule has 0 N–H and O–H groups in total. The predicted octanol–water partition coefficient (Wildman–Crippen LogP) is 3.03. The van der Waals surface area contributed by atoms with Gasteiger partial charge in [0.05, 0.1) is 0 Å². The van der Waals surface area contributed by atoms with Crippen molar-refractivity contribution in [1.82, 2.24) is 0 Å². The zero-order valence-corrected chi connectivity index (χ0v) is 13.2. The second-order valence-corrected chi connectivity index (χ2v) is 4.00. The van der Waals surface area contributed by atoms with Crippen molar-refractivity contribution in [3.63, 3.8) is 0 Å². The fraction of sp³-hybridized carbons (Fsp3) is 1.00. The van der Waals surface area contributed by atoms with E-state index in [2.05, 4.69) is 4.74 Å². The molecule has 0 saturated heterocycles. The van der Waals surface area contributed by atoms with Crippen molar-refractivity contribution in [3.05, 3.63) is 0 Å². The molecule has 0 rings (SSSR count). The number of hydrogen-bond donors (Lipinski definition) is 0. The third-order valence-corrected chi connectivity index (χ3v) is 2.41. The molecular weight excluding hydrogens is 312 g/mol. The van der Waals surface area contributed by atoms with E-state index in [-0.39, 0.29) is 26.4 Å². The molecule has 0 aromatic carbocycles. The fourth-order valence-corrected chi connectivity index (χ4v) is 1.60. The molecule has 9 heteroatoms. The second kappa shape index (κ2) is 11.1. The predicted molar refractivity (Wildman–Crippen MR) is 69.9 cm³/mol. The molecule has 0 radical (unpaired) electrons. The molecule has 0 heterocycles. The van der Waals surface area contributed by atoms with E-state index in [9.17, 15) is 17.6 Å². The Hall–Kier alpha value is -0.480. The van der Waals surface area contributed by atoms with Gasteiger partial charge in [-0.25, -0.2) is 8.78 Å². The molecule has 0 unspecified atom stereocenters. The van der Waals surface area contributed by atoms with E-state index in [0.29, 0.717) is 0 Å². The Morgan fingerprint density at radius 3 is 1.27 bits per heavy atom. The van der Waals surface area contributed by atoms with E-state index >= 15 is 0 Å². The lowest BCUT2D eigenvalue weighted by atomic mass is 10.3. The Balaban J connectivity index is 5.31. The van der Waals surface area contributed by atoms with E-state index in [0.717, 1.165) is 0 Å². The van der Waals surface area contributed by atoms with Crippen LogP contribution in [0.3, 0.4) is 0 Å². The molecule has 0 spiro atoms. The third-order valence-electron chi connectivity index (χ3n) is 2.41. The van der Waals surface area contributed by atoms with Crippen LogP contribution in [0, 0.1) is 0 Å². The Kier molecular flexibility index (Phi) is 10.9. The first-order valence-corrected chi connectivity index (χ1v) is 7.14. The molecule has 0 aromatic heterocycles. The topological polar surface area (TPSA) is 46.2 Å². The number of ether oxygens (including phenoxy) is 5. The van der Waals surface area contributed by atoms with Crippen molar-refractivity contribution in [1.29, 1.82) is 0 Å². The minimum absolute atomic E-state index is 0.107. The summed E-state index contributed by atoms with van der Waals surface area (Å²) in [4.78, 5) is 0. The first kappa shape index (κ1) is 21.5. The number of alkyl halides is 4. The quantitative estimate of drug-likeness (QED) is 0.382. The zero-order valence-electron chi connectivity index (χ0n) is 13.2. The molecule has 0 bridgehead atoms. The van der Waals surface area contributed by atoms with Gasteiger partial charge in [-0.05, 0) is 27.7 Å². The highest BCUT2D eigenvalue weighted by molar-refractivity contribution is 4.72. The number of rotatable bonds is 13. The van der Waals surface area contributed by atoms with E-state index < -0.39 is 31.2 Å². The Labute approximate surface area is 127 Å². The van der Waals surface area contributed by atoms with Gasteiger partial charge in [0.25, 0.3) is 0 Å². The Bertz CT molecular complexity index is 253. The van der Waals surface area contributed by atoms with Gasteiger partial charge in [-0.3, -0.25) is 0 Å². The third kappa shape index (κ3) is 7.19. The molecule has 22 heavy (non-hydrogen) atoms. The summed E-state index contributed by atoms with van der Waals surface area (Å²) < 4.78 is 76.3. The van der Waals surface area contributed by atoms with Crippen LogP contribution in [-0.4, -0.2) is 57.6 Å². The average molecular weight is 336 g/mol. The summed E-state index contributed by atoms with van der Waals surface area (Å²) in [6.07, 6.45) is -13.0.